The van der Waals surface area contributed by atoms with Gasteiger partial charge in [-0.3, -0.25) is 4.79 Å². The molecule has 2 aromatic carbocycles. The van der Waals surface area contributed by atoms with E-state index in [1.165, 1.54) is 16.5 Å². The van der Waals surface area contributed by atoms with Crippen molar-refractivity contribution in [3.05, 3.63) is 69.5 Å². The van der Waals surface area contributed by atoms with Gasteiger partial charge in [-0.1, -0.05) is 47.6 Å². The maximum Gasteiger partial charge on any atom is 0.295 e. The van der Waals surface area contributed by atoms with Gasteiger partial charge in [-0.15, -0.1) is 4.73 Å². The first-order valence-electron chi connectivity index (χ1n) is 7.61. The number of para-hydroxylation sites is 1. The van der Waals surface area contributed by atoms with Crippen LogP contribution in [0.1, 0.15) is 19.4 Å². The monoisotopic (exact) mass is 360 g/mol. The first kappa shape index (κ1) is 16.9. The van der Waals surface area contributed by atoms with Gasteiger partial charge in [0, 0.05) is 10.8 Å². The molecular formula is C18H17ClN2O2S. The summed E-state index contributed by atoms with van der Waals surface area (Å²) in [5.41, 5.74) is 1.54. The zero-order chi connectivity index (χ0) is 17.1. The van der Waals surface area contributed by atoms with E-state index in [1.807, 2.05) is 56.3 Å². The molecule has 1 aromatic heterocycles. The van der Waals surface area contributed by atoms with Crippen LogP contribution < -0.4 is 10.4 Å². The summed E-state index contributed by atoms with van der Waals surface area (Å²) in [4.78, 5) is 23.0. The zero-order valence-corrected chi connectivity index (χ0v) is 15.0. The van der Waals surface area contributed by atoms with Crippen molar-refractivity contribution in [2.24, 2.45) is 0 Å². The minimum Gasteiger partial charge on any atom is -0.406 e. The van der Waals surface area contributed by atoms with Crippen molar-refractivity contribution in [1.82, 2.24) is 9.71 Å². The van der Waals surface area contributed by atoms with Gasteiger partial charge in [0.05, 0.1) is 10.9 Å². The number of halogens is 1. The number of aromatic nitrogens is 2. The van der Waals surface area contributed by atoms with Crippen LogP contribution in [0.2, 0.25) is 5.02 Å². The van der Waals surface area contributed by atoms with E-state index in [-0.39, 0.29) is 11.7 Å². The molecular weight excluding hydrogens is 344 g/mol. The molecule has 0 aliphatic rings. The van der Waals surface area contributed by atoms with Crippen molar-refractivity contribution in [2.45, 2.75) is 30.9 Å². The molecule has 124 valence electrons. The Morgan fingerprint density at radius 2 is 2.00 bits per heavy atom. The van der Waals surface area contributed by atoms with Crippen LogP contribution in [0.4, 0.5) is 0 Å². The van der Waals surface area contributed by atoms with E-state index in [2.05, 4.69) is 4.98 Å². The molecule has 3 rings (SSSR count). The molecule has 0 aliphatic carbocycles. The lowest BCUT2D eigenvalue weighted by Gasteiger charge is -2.16. The Morgan fingerprint density at radius 3 is 2.75 bits per heavy atom. The summed E-state index contributed by atoms with van der Waals surface area (Å²) in [6.07, 6.45) is -0.129. The van der Waals surface area contributed by atoms with E-state index in [0.29, 0.717) is 26.8 Å². The van der Waals surface area contributed by atoms with Crippen LogP contribution in [-0.2, 0) is 5.75 Å². The maximum atomic E-state index is 12.7. The molecule has 4 nitrogen and oxygen atoms in total. The van der Waals surface area contributed by atoms with Crippen molar-refractivity contribution >= 4 is 34.3 Å². The fourth-order valence-corrected chi connectivity index (χ4v) is 3.36. The fourth-order valence-electron chi connectivity index (χ4n) is 2.27. The summed E-state index contributed by atoms with van der Waals surface area (Å²) < 4.78 is 1.29. The Hall–Kier alpha value is -1.98. The second kappa shape index (κ2) is 7.28. The Labute approximate surface area is 149 Å². The third kappa shape index (κ3) is 3.74. The van der Waals surface area contributed by atoms with Crippen molar-refractivity contribution in [3.63, 3.8) is 0 Å². The first-order valence-corrected chi connectivity index (χ1v) is 8.97. The predicted molar refractivity (Wildman–Crippen MR) is 98.7 cm³/mol. The molecule has 0 bridgehead atoms. The minimum absolute atomic E-state index is 0.129. The van der Waals surface area contributed by atoms with Crippen LogP contribution in [-0.4, -0.2) is 15.8 Å². The van der Waals surface area contributed by atoms with E-state index in [4.69, 9.17) is 16.4 Å². The largest absolute Gasteiger partial charge is 0.406 e. The molecule has 0 aliphatic heterocycles. The molecule has 0 atom stereocenters. The molecule has 24 heavy (non-hydrogen) atoms. The summed E-state index contributed by atoms with van der Waals surface area (Å²) in [5.74, 6) is 0.646. The lowest BCUT2D eigenvalue weighted by atomic mass is 10.2. The van der Waals surface area contributed by atoms with E-state index in [1.54, 1.807) is 6.07 Å². The molecule has 0 saturated heterocycles. The third-order valence-corrected chi connectivity index (χ3v) is 4.51. The molecule has 0 radical (unpaired) electrons. The van der Waals surface area contributed by atoms with Gasteiger partial charge in [-0.05, 0) is 43.7 Å². The van der Waals surface area contributed by atoms with Crippen LogP contribution in [0.5, 0.6) is 0 Å². The minimum atomic E-state index is -0.192. The number of hydrogen-bond acceptors (Lipinski definition) is 4. The van der Waals surface area contributed by atoms with Gasteiger partial charge in [-0.2, -0.15) is 0 Å². The molecule has 0 fully saturated rings. The normalized spacial score (nSPS) is 11.2. The smallest absolute Gasteiger partial charge is 0.295 e. The average molecular weight is 361 g/mol. The first-order chi connectivity index (χ1) is 11.5. The highest BCUT2D eigenvalue weighted by Gasteiger charge is 2.14. The number of thioether (sulfide) groups is 1. The summed E-state index contributed by atoms with van der Waals surface area (Å²) >= 11 is 7.47. The SMILES string of the molecule is CC(C)On1c(SCc2cccc(Cl)c2)nc2ccccc2c1=O. The summed E-state index contributed by atoms with van der Waals surface area (Å²) in [6, 6.07) is 14.9. The Bertz CT molecular complexity index is 924. The van der Waals surface area contributed by atoms with Crippen LogP contribution in [0.25, 0.3) is 10.9 Å². The highest BCUT2D eigenvalue weighted by molar-refractivity contribution is 7.98. The number of nitrogens with zero attached hydrogens (tertiary/aromatic N) is 2. The van der Waals surface area contributed by atoms with Gasteiger partial charge < -0.3 is 4.84 Å². The predicted octanol–water partition coefficient (Wildman–Crippen LogP) is 4.18. The van der Waals surface area contributed by atoms with E-state index in [0.717, 1.165) is 5.56 Å². The molecule has 6 heteroatoms. The molecule has 0 saturated carbocycles. The quantitative estimate of drug-likeness (QED) is 0.505. The van der Waals surface area contributed by atoms with Gasteiger partial charge in [-0.25, -0.2) is 4.98 Å². The highest BCUT2D eigenvalue weighted by atomic mass is 35.5. The van der Waals surface area contributed by atoms with Crippen LogP contribution in [0.15, 0.2) is 58.5 Å². The molecule has 0 spiro atoms. The number of hydrogen-bond donors (Lipinski definition) is 0. The van der Waals surface area contributed by atoms with E-state index in [9.17, 15) is 4.79 Å². The maximum absolute atomic E-state index is 12.7. The standard InChI is InChI=1S/C18H17ClN2O2S/c1-12(2)23-21-17(22)15-8-3-4-9-16(15)20-18(21)24-11-13-6-5-7-14(19)10-13/h3-10,12H,11H2,1-2H3. The fraction of sp³-hybridized carbons (Fsp3) is 0.222. The van der Waals surface area contributed by atoms with Crippen molar-refractivity contribution in [3.8, 4) is 0 Å². The van der Waals surface area contributed by atoms with Crippen molar-refractivity contribution < 1.29 is 4.84 Å². The Balaban J connectivity index is 2.00. The van der Waals surface area contributed by atoms with Crippen LogP contribution >= 0.6 is 23.4 Å². The molecule has 1 heterocycles. The second-order valence-corrected chi connectivity index (χ2v) is 6.96. The van der Waals surface area contributed by atoms with Gasteiger partial charge >= 0.3 is 0 Å². The Morgan fingerprint density at radius 1 is 1.21 bits per heavy atom. The molecule has 3 aromatic rings. The molecule has 0 amide bonds. The van der Waals surface area contributed by atoms with Gasteiger partial charge in [0.1, 0.15) is 6.10 Å². The lowest BCUT2D eigenvalue weighted by molar-refractivity contribution is 0.0346. The van der Waals surface area contributed by atoms with E-state index < -0.39 is 0 Å². The van der Waals surface area contributed by atoms with E-state index >= 15 is 0 Å². The number of fused-ring (bicyclic) bond motifs is 1. The summed E-state index contributed by atoms with van der Waals surface area (Å²) in [6.45, 7) is 3.76. The van der Waals surface area contributed by atoms with Gasteiger partial charge in [0.2, 0.25) is 5.16 Å². The summed E-state index contributed by atoms with van der Waals surface area (Å²) in [7, 11) is 0. The Kier molecular flexibility index (Phi) is 5.11. The van der Waals surface area contributed by atoms with Crippen molar-refractivity contribution in [1.29, 1.82) is 0 Å². The van der Waals surface area contributed by atoms with Crippen LogP contribution in [0.3, 0.4) is 0 Å². The van der Waals surface area contributed by atoms with Crippen molar-refractivity contribution in [2.75, 3.05) is 0 Å². The van der Waals surface area contributed by atoms with Gasteiger partial charge in [0.25, 0.3) is 5.56 Å². The average Bonchev–Trinajstić information content (AvgIpc) is 2.56. The molecule has 0 N–H and O–H groups in total. The van der Waals surface area contributed by atoms with Crippen LogP contribution in [0, 0.1) is 0 Å². The molecule has 0 unspecified atom stereocenters. The van der Waals surface area contributed by atoms with Gasteiger partial charge in [0.15, 0.2) is 0 Å². The summed E-state index contributed by atoms with van der Waals surface area (Å²) in [5, 5.41) is 1.77. The number of rotatable bonds is 5. The topological polar surface area (TPSA) is 44.1 Å². The lowest BCUT2D eigenvalue weighted by Crippen LogP contribution is -2.33. The second-order valence-electron chi connectivity index (χ2n) is 5.58. The highest BCUT2D eigenvalue weighted by Crippen LogP contribution is 2.23. The zero-order valence-electron chi connectivity index (χ0n) is 13.4. The third-order valence-electron chi connectivity index (χ3n) is 3.28. The number of benzene rings is 2.